The van der Waals surface area contributed by atoms with Gasteiger partial charge in [-0.15, -0.1) is 0 Å². The van der Waals surface area contributed by atoms with E-state index >= 15 is 0 Å². The lowest BCUT2D eigenvalue weighted by atomic mass is 9.95. The van der Waals surface area contributed by atoms with E-state index in [-0.39, 0.29) is 0 Å². The minimum absolute atomic E-state index is 0.348. The van der Waals surface area contributed by atoms with Crippen LogP contribution in [0.4, 0.5) is 0 Å². The van der Waals surface area contributed by atoms with E-state index in [1.54, 1.807) is 0 Å². The second-order valence-corrected chi connectivity index (χ2v) is 4.02. The summed E-state index contributed by atoms with van der Waals surface area (Å²) < 4.78 is 0. The molecule has 0 aromatic heterocycles. The van der Waals surface area contributed by atoms with Gasteiger partial charge in [-0.3, -0.25) is 5.41 Å². The van der Waals surface area contributed by atoms with Gasteiger partial charge in [0.05, 0.1) is 5.84 Å². The van der Waals surface area contributed by atoms with Gasteiger partial charge in [-0.05, 0) is 39.3 Å². The topological polar surface area (TPSA) is 53.1 Å². The van der Waals surface area contributed by atoms with Crippen molar-refractivity contribution < 1.29 is 0 Å². The number of hydrogen-bond acceptors (Lipinski definition) is 2. The summed E-state index contributed by atoms with van der Waals surface area (Å²) in [4.78, 5) is 2.50. The van der Waals surface area contributed by atoms with Gasteiger partial charge in [-0.2, -0.15) is 0 Å². The third kappa shape index (κ3) is 2.69. The molecule has 0 saturated carbocycles. The molecule has 1 fully saturated rings. The maximum atomic E-state index is 7.37. The van der Waals surface area contributed by atoms with Crippen LogP contribution in [0.1, 0.15) is 33.1 Å². The third-order valence-corrected chi connectivity index (χ3v) is 3.18. The number of hydrogen-bond donors (Lipinski definition) is 2. The van der Waals surface area contributed by atoms with Crippen LogP contribution in [0, 0.1) is 11.3 Å². The van der Waals surface area contributed by atoms with E-state index in [0.29, 0.717) is 17.8 Å². The lowest BCUT2D eigenvalue weighted by molar-refractivity contribution is 0.155. The van der Waals surface area contributed by atoms with Crippen LogP contribution in [0.15, 0.2) is 0 Å². The molecule has 0 aliphatic carbocycles. The van der Waals surface area contributed by atoms with Crippen LogP contribution in [0.25, 0.3) is 0 Å². The largest absolute Gasteiger partial charge is 0.387 e. The fourth-order valence-electron chi connectivity index (χ4n) is 1.91. The second kappa shape index (κ2) is 4.61. The summed E-state index contributed by atoms with van der Waals surface area (Å²) in [5, 5.41) is 7.37. The standard InChI is InChI=1S/C10H21N3/c1-3-8(2)13-6-4-9(5-7-13)10(11)12/h8-9H,3-7H2,1-2H3,(H3,11,12). The van der Waals surface area contributed by atoms with Crippen molar-refractivity contribution in [3.05, 3.63) is 0 Å². The van der Waals surface area contributed by atoms with Gasteiger partial charge in [0.2, 0.25) is 0 Å². The van der Waals surface area contributed by atoms with Gasteiger partial charge >= 0.3 is 0 Å². The van der Waals surface area contributed by atoms with Gasteiger partial charge in [-0.25, -0.2) is 0 Å². The molecule has 1 heterocycles. The Morgan fingerprint density at radius 1 is 1.54 bits per heavy atom. The molecule has 0 amide bonds. The molecule has 0 bridgehead atoms. The normalized spacial score (nSPS) is 22.9. The van der Waals surface area contributed by atoms with Crippen molar-refractivity contribution in [3.63, 3.8) is 0 Å². The van der Waals surface area contributed by atoms with Crippen LogP contribution in [-0.4, -0.2) is 29.9 Å². The molecule has 0 radical (unpaired) electrons. The zero-order valence-corrected chi connectivity index (χ0v) is 8.71. The Balaban J connectivity index is 2.34. The Hall–Kier alpha value is -0.570. The second-order valence-electron chi connectivity index (χ2n) is 4.02. The summed E-state index contributed by atoms with van der Waals surface area (Å²) in [7, 11) is 0. The Morgan fingerprint density at radius 2 is 2.08 bits per heavy atom. The highest BCUT2D eigenvalue weighted by Crippen LogP contribution is 2.19. The van der Waals surface area contributed by atoms with Crippen LogP contribution in [0.5, 0.6) is 0 Å². The number of likely N-dealkylation sites (tertiary alicyclic amines) is 1. The van der Waals surface area contributed by atoms with Gasteiger partial charge in [0, 0.05) is 12.0 Å². The van der Waals surface area contributed by atoms with Gasteiger partial charge in [0.15, 0.2) is 0 Å². The average molecular weight is 183 g/mol. The summed E-state index contributed by atoms with van der Waals surface area (Å²) in [6.07, 6.45) is 3.35. The Kier molecular flexibility index (Phi) is 3.72. The number of nitrogens with one attached hydrogen (secondary N) is 1. The molecule has 76 valence electrons. The van der Waals surface area contributed by atoms with E-state index in [2.05, 4.69) is 18.7 Å². The highest BCUT2D eigenvalue weighted by Gasteiger charge is 2.23. The van der Waals surface area contributed by atoms with Crippen LogP contribution >= 0.6 is 0 Å². The number of nitrogens with zero attached hydrogens (tertiary/aromatic N) is 1. The third-order valence-electron chi connectivity index (χ3n) is 3.18. The fraction of sp³-hybridized carbons (Fsp3) is 0.900. The molecule has 0 spiro atoms. The van der Waals surface area contributed by atoms with Crippen molar-refractivity contribution in [2.75, 3.05) is 13.1 Å². The molecule has 3 nitrogen and oxygen atoms in total. The molecule has 1 saturated heterocycles. The monoisotopic (exact) mass is 183 g/mol. The van der Waals surface area contributed by atoms with Crippen molar-refractivity contribution in [1.29, 1.82) is 5.41 Å². The molecule has 13 heavy (non-hydrogen) atoms. The van der Waals surface area contributed by atoms with Crippen LogP contribution in [0.2, 0.25) is 0 Å². The first-order valence-corrected chi connectivity index (χ1v) is 5.23. The summed E-state index contributed by atoms with van der Waals surface area (Å²) in [6.45, 7) is 6.72. The van der Waals surface area contributed by atoms with Crippen molar-refractivity contribution in [3.8, 4) is 0 Å². The molecule has 1 rings (SSSR count). The molecule has 1 unspecified atom stereocenters. The first-order chi connectivity index (χ1) is 6.15. The maximum Gasteiger partial charge on any atom is 0.0937 e. The van der Waals surface area contributed by atoms with E-state index in [9.17, 15) is 0 Å². The van der Waals surface area contributed by atoms with Gasteiger partial charge in [-0.1, -0.05) is 6.92 Å². The zero-order valence-electron chi connectivity index (χ0n) is 8.71. The van der Waals surface area contributed by atoms with Crippen molar-refractivity contribution in [1.82, 2.24) is 4.90 Å². The molecule has 1 aliphatic rings. The van der Waals surface area contributed by atoms with E-state index in [1.807, 2.05) is 0 Å². The minimum atomic E-state index is 0.348. The predicted octanol–water partition coefficient (Wildman–Crippen LogP) is 1.43. The molecule has 3 heteroatoms. The van der Waals surface area contributed by atoms with Crippen molar-refractivity contribution in [2.24, 2.45) is 11.7 Å². The number of nitrogens with two attached hydrogens (primary N) is 1. The smallest absolute Gasteiger partial charge is 0.0937 e. The summed E-state index contributed by atoms with van der Waals surface area (Å²) >= 11 is 0. The summed E-state index contributed by atoms with van der Waals surface area (Å²) in [5.41, 5.74) is 5.49. The number of rotatable bonds is 3. The SMILES string of the molecule is CCC(C)N1CCC(C(=N)N)CC1. The number of amidine groups is 1. The molecule has 1 atom stereocenters. The average Bonchev–Trinajstić information content (AvgIpc) is 2.17. The fourth-order valence-corrected chi connectivity index (χ4v) is 1.91. The van der Waals surface area contributed by atoms with Crippen LogP contribution in [-0.2, 0) is 0 Å². The lowest BCUT2D eigenvalue weighted by Gasteiger charge is -2.35. The van der Waals surface area contributed by atoms with Gasteiger partial charge in [0.25, 0.3) is 0 Å². The zero-order chi connectivity index (χ0) is 9.84. The molecule has 1 aliphatic heterocycles. The predicted molar refractivity (Wildman–Crippen MR) is 56.0 cm³/mol. The summed E-state index contributed by atoms with van der Waals surface area (Å²) in [6, 6.07) is 0.688. The van der Waals surface area contributed by atoms with E-state index in [0.717, 1.165) is 25.9 Å². The van der Waals surface area contributed by atoms with Crippen LogP contribution < -0.4 is 5.73 Å². The maximum absolute atomic E-state index is 7.37. The Bertz CT molecular complexity index is 171. The van der Waals surface area contributed by atoms with Crippen molar-refractivity contribution >= 4 is 5.84 Å². The van der Waals surface area contributed by atoms with Gasteiger partial charge < -0.3 is 10.6 Å². The van der Waals surface area contributed by atoms with Crippen molar-refractivity contribution in [2.45, 2.75) is 39.2 Å². The molecule has 0 aromatic carbocycles. The number of piperidine rings is 1. The first-order valence-electron chi connectivity index (χ1n) is 5.23. The van der Waals surface area contributed by atoms with E-state index in [4.69, 9.17) is 11.1 Å². The van der Waals surface area contributed by atoms with E-state index in [1.165, 1.54) is 6.42 Å². The molecule has 3 N–H and O–H groups in total. The lowest BCUT2D eigenvalue weighted by Crippen LogP contribution is -2.42. The Morgan fingerprint density at radius 3 is 2.46 bits per heavy atom. The first kappa shape index (κ1) is 10.5. The quantitative estimate of drug-likeness (QED) is 0.514. The molecular formula is C10H21N3. The van der Waals surface area contributed by atoms with E-state index < -0.39 is 0 Å². The highest BCUT2D eigenvalue weighted by atomic mass is 15.2. The summed E-state index contributed by atoms with van der Waals surface area (Å²) in [5.74, 6) is 0.726. The van der Waals surface area contributed by atoms with Crippen LogP contribution in [0.3, 0.4) is 0 Å². The molecular weight excluding hydrogens is 162 g/mol. The highest BCUT2D eigenvalue weighted by molar-refractivity contribution is 5.79. The van der Waals surface area contributed by atoms with Gasteiger partial charge in [0.1, 0.15) is 0 Å². The molecule has 0 aromatic rings. The Labute approximate surface area is 80.8 Å². The minimum Gasteiger partial charge on any atom is -0.387 e.